The lowest BCUT2D eigenvalue weighted by Crippen LogP contribution is -2.28. The van der Waals surface area contributed by atoms with Crippen LogP contribution in [0.15, 0.2) is 118 Å². The highest BCUT2D eigenvalue weighted by molar-refractivity contribution is 9.10. The molecule has 2 heterocycles. The molecule has 41 heavy (non-hydrogen) atoms. The molecule has 4 aromatic carbocycles. The van der Waals surface area contributed by atoms with Crippen LogP contribution in [-0.2, 0) is 0 Å². The molecule has 7 heteroatoms. The third kappa shape index (κ3) is 9.38. The minimum Gasteiger partial charge on any atom is -0.478 e. The van der Waals surface area contributed by atoms with E-state index in [4.69, 9.17) is 5.11 Å². The largest absolute Gasteiger partial charge is 0.478 e. The second-order valence-corrected chi connectivity index (χ2v) is 11.9. The molecule has 4 aromatic rings. The number of nitrogens with one attached hydrogen (secondary N) is 1. The Balaban J connectivity index is 0.000000156. The standard InChI is InChI=1S/C17H16BrNO.C10H13N.C7H5BrO2/c18-16-8-6-14(7-9-16)17(20)19-11-10-15(12-19)13-4-2-1-3-5-13;1-2-4-9(5-3-1)10-6-7-11-8-10;8-6-3-1-5(2-4-6)7(9)10/h1-9,15H,10-12H2;1-5,10-11H,6-8H2;1-4H,(H,9,10). The smallest absolute Gasteiger partial charge is 0.335 e. The molecular weight excluding hydrogens is 644 g/mol. The number of carboxylic acids is 1. The highest BCUT2D eigenvalue weighted by Gasteiger charge is 2.27. The summed E-state index contributed by atoms with van der Waals surface area (Å²) in [5, 5.41) is 11.8. The number of hydrogen-bond acceptors (Lipinski definition) is 3. The SMILES string of the molecule is O=C(O)c1ccc(Br)cc1.O=C(c1ccc(Br)cc1)N1CCC(c2ccccc2)C1.c1ccc(C2CCNC2)cc1. The van der Waals surface area contributed by atoms with Gasteiger partial charge in [-0.1, -0.05) is 92.5 Å². The number of rotatable bonds is 4. The van der Waals surface area contributed by atoms with Crippen molar-refractivity contribution in [2.24, 2.45) is 0 Å². The topological polar surface area (TPSA) is 69.6 Å². The number of amides is 1. The summed E-state index contributed by atoms with van der Waals surface area (Å²) in [7, 11) is 0. The Morgan fingerprint density at radius 3 is 1.68 bits per heavy atom. The maximum absolute atomic E-state index is 12.4. The molecule has 2 aliphatic rings. The van der Waals surface area contributed by atoms with Crippen molar-refractivity contribution in [1.29, 1.82) is 0 Å². The van der Waals surface area contributed by atoms with Gasteiger partial charge in [-0.2, -0.15) is 0 Å². The van der Waals surface area contributed by atoms with E-state index in [0.717, 1.165) is 46.5 Å². The van der Waals surface area contributed by atoms with Gasteiger partial charge in [0.25, 0.3) is 5.91 Å². The molecule has 2 atom stereocenters. The van der Waals surface area contributed by atoms with Crippen molar-refractivity contribution in [3.05, 3.63) is 140 Å². The van der Waals surface area contributed by atoms with Crippen molar-refractivity contribution in [3.8, 4) is 0 Å². The number of hydrogen-bond donors (Lipinski definition) is 2. The lowest BCUT2D eigenvalue weighted by atomic mass is 9.99. The number of nitrogens with zero attached hydrogens (tertiary/aromatic N) is 1. The molecule has 2 saturated heterocycles. The number of carbonyl (C=O) groups excluding carboxylic acids is 1. The Labute approximate surface area is 258 Å². The average Bonchev–Trinajstić information content (AvgIpc) is 3.73. The maximum atomic E-state index is 12.4. The monoisotopic (exact) mass is 676 g/mol. The summed E-state index contributed by atoms with van der Waals surface area (Å²) in [5.41, 5.74) is 3.89. The van der Waals surface area contributed by atoms with Crippen molar-refractivity contribution >= 4 is 43.7 Å². The van der Waals surface area contributed by atoms with E-state index in [1.807, 2.05) is 35.2 Å². The van der Waals surface area contributed by atoms with Crippen LogP contribution in [0.4, 0.5) is 0 Å². The fourth-order valence-corrected chi connectivity index (χ4v) is 5.50. The van der Waals surface area contributed by atoms with Gasteiger partial charge in [0.1, 0.15) is 0 Å². The first-order valence-corrected chi connectivity index (χ1v) is 15.3. The third-order valence-corrected chi connectivity index (χ3v) is 8.32. The Kier molecular flexibility index (Phi) is 11.7. The zero-order valence-corrected chi connectivity index (χ0v) is 25.9. The predicted molar refractivity (Wildman–Crippen MR) is 172 cm³/mol. The van der Waals surface area contributed by atoms with E-state index in [9.17, 15) is 9.59 Å². The molecule has 1 amide bonds. The average molecular weight is 678 g/mol. The minimum atomic E-state index is -0.896. The highest BCUT2D eigenvalue weighted by Crippen LogP contribution is 2.28. The van der Waals surface area contributed by atoms with Gasteiger partial charge in [0.05, 0.1) is 5.56 Å². The van der Waals surface area contributed by atoms with Gasteiger partial charge in [0.15, 0.2) is 0 Å². The summed E-state index contributed by atoms with van der Waals surface area (Å²) >= 11 is 6.59. The maximum Gasteiger partial charge on any atom is 0.335 e. The fourth-order valence-electron chi connectivity index (χ4n) is 4.97. The fraction of sp³-hybridized carbons (Fsp3) is 0.235. The summed E-state index contributed by atoms with van der Waals surface area (Å²) in [5.74, 6) is 0.468. The summed E-state index contributed by atoms with van der Waals surface area (Å²) < 4.78 is 1.88. The number of halogens is 2. The molecule has 2 N–H and O–H groups in total. The van der Waals surface area contributed by atoms with Gasteiger partial charge in [0, 0.05) is 40.1 Å². The van der Waals surface area contributed by atoms with Gasteiger partial charge < -0.3 is 15.3 Å². The van der Waals surface area contributed by atoms with E-state index in [2.05, 4.69) is 91.8 Å². The number of carbonyl (C=O) groups is 2. The van der Waals surface area contributed by atoms with E-state index in [-0.39, 0.29) is 5.91 Å². The van der Waals surface area contributed by atoms with Crippen LogP contribution in [0.5, 0.6) is 0 Å². The van der Waals surface area contributed by atoms with Gasteiger partial charge in [-0.25, -0.2) is 4.79 Å². The molecule has 2 fully saturated rings. The number of carboxylic acid groups (broad SMARTS) is 1. The van der Waals surface area contributed by atoms with Gasteiger partial charge in [-0.3, -0.25) is 4.79 Å². The summed E-state index contributed by atoms with van der Waals surface area (Å²) in [4.78, 5) is 24.7. The highest BCUT2D eigenvalue weighted by atomic mass is 79.9. The zero-order chi connectivity index (χ0) is 29.0. The Bertz CT molecular complexity index is 1380. The van der Waals surface area contributed by atoms with Crippen LogP contribution in [0.25, 0.3) is 0 Å². The predicted octanol–water partition coefficient (Wildman–Crippen LogP) is 7.99. The second-order valence-electron chi connectivity index (χ2n) is 10.1. The van der Waals surface area contributed by atoms with Crippen molar-refractivity contribution in [2.45, 2.75) is 24.7 Å². The van der Waals surface area contributed by atoms with Crippen LogP contribution in [0.3, 0.4) is 0 Å². The first-order valence-electron chi connectivity index (χ1n) is 13.7. The van der Waals surface area contributed by atoms with Gasteiger partial charge in [0.2, 0.25) is 0 Å². The van der Waals surface area contributed by atoms with E-state index >= 15 is 0 Å². The molecule has 0 aromatic heterocycles. The lowest BCUT2D eigenvalue weighted by Gasteiger charge is -2.17. The van der Waals surface area contributed by atoms with E-state index in [1.165, 1.54) is 24.1 Å². The van der Waals surface area contributed by atoms with Crippen LogP contribution in [0.1, 0.15) is 56.5 Å². The van der Waals surface area contributed by atoms with E-state index in [0.29, 0.717) is 11.5 Å². The summed E-state index contributed by atoms with van der Waals surface area (Å²) in [6, 6.07) is 35.3. The molecule has 212 valence electrons. The molecule has 0 aliphatic carbocycles. The minimum absolute atomic E-state index is 0.135. The Morgan fingerprint density at radius 2 is 1.20 bits per heavy atom. The molecular formula is C34H34Br2N2O3. The van der Waals surface area contributed by atoms with Crippen molar-refractivity contribution in [3.63, 3.8) is 0 Å². The van der Waals surface area contributed by atoms with E-state index in [1.54, 1.807) is 24.3 Å². The normalized spacial score (nSPS) is 17.6. The quantitative estimate of drug-likeness (QED) is 0.230. The van der Waals surface area contributed by atoms with Crippen molar-refractivity contribution in [1.82, 2.24) is 10.2 Å². The van der Waals surface area contributed by atoms with Gasteiger partial charge >= 0.3 is 5.97 Å². The molecule has 0 spiro atoms. The first kappa shape index (κ1) is 30.7. The third-order valence-electron chi connectivity index (χ3n) is 7.26. The second kappa shape index (κ2) is 15.7. The van der Waals surface area contributed by atoms with Gasteiger partial charge in [-0.05, 0) is 85.0 Å². The first-order chi connectivity index (χ1) is 19.9. The number of likely N-dealkylation sites (tertiary alicyclic amines) is 1. The Morgan fingerprint density at radius 1 is 0.683 bits per heavy atom. The van der Waals surface area contributed by atoms with Crippen molar-refractivity contribution < 1.29 is 14.7 Å². The Hall–Kier alpha value is -3.26. The van der Waals surface area contributed by atoms with Crippen molar-refractivity contribution in [2.75, 3.05) is 26.2 Å². The van der Waals surface area contributed by atoms with Crippen LogP contribution in [-0.4, -0.2) is 48.1 Å². The summed E-state index contributed by atoms with van der Waals surface area (Å²) in [6.45, 7) is 4.00. The van der Waals surface area contributed by atoms with Crippen LogP contribution in [0.2, 0.25) is 0 Å². The van der Waals surface area contributed by atoms with Gasteiger partial charge in [-0.15, -0.1) is 0 Å². The molecule has 5 nitrogen and oxygen atoms in total. The van der Waals surface area contributed by atoms with E-state index < -0.39 is 5.97 Å². The number of benzene rings is 4. The molecule has 2 unspecified atom stereocenters. The molecule has 0 radical (unpaired) electrons. The molecule has 0 bridgehead atoms. The summed E-state index contributed by atoms with van der Waals surface area (Å²) in [6.07, 6.45) is 2.34. The molecule has 6 rings (SSSR count). The van der Waals surface area contributed by atoms with Crippen LogP contribution >= 0.6 is 31.9 Å². The number of aromatic carboxylic acids is 1. The zero-order valence-electron chi connectivity index (χ0n) is 22.8. The van der Waals surface area contributed by atoms with Crippen LogP contribution < -0.4 is 5.32 Å². The van der Waals surface area contributed by atoms with Crippen LogP contribution in [0, 0.1) is 0 Å². The molecule has 2 aliphatic heterocycles. The molecule has 0 saturated carbocycles. The lowest BCUT2D eigenvalue weighted by molar-refractivity contribution is 0.0696.